The molecule has 0 spiro atoms. The lowest BCUT2D eigenvalue weighted by Crippen LogP contribution is -2.63. The average molecular weight is 756 g/mol. The van der Waals surface area contributed by atoms with Crippen LogP contribution in [0.25, 0.3) is 0 Å². The van der Waals surface area contributed by atoms with Crippen LogP contribution in [0.4, 0.5) is 0 Å². The van der Waals surface area contributed by atoms with E-state index in [4.69, 9.17) is 4.74 Å². The third kappa shape index (κ3) is 18.8. The Kier molecular flexibility index (Phi) is 28.8. The second-order valence-electron chi connectivity index (χ2n) is 16.8. The van der Waals surface area contributed by atoms with Gasteiger partial charge in [-0.25, -0.2) is 0 Å². The number of hydrogen-bond donors (Lipinski definition) is 5. The van der Waals surface area contributed by atoms with E-state index in [1.165, 1.54) is 128 Å². The molecule has 1 fully saturated rings. The first-order chi connectivity index (χ1) is 25.6. The number of aliphatic hydroxyl groups excluding tert-OH is 3. The first kappa shape index (κ1) is 50.2. The molecule has 2 unspecified atom stereocenters. The minimum Gasteiger partial charge on any atom is -0.391 e. The van der Waals surface area contributed by atoms with Crippen molar-refractivity contribution in [1.82, 2.24) is 4.90 Å². The summed E-state index contributed by atoms with van der Waals surface area (Å²) in [7, 11) is 0. The van der Waals surface area contributed by atoms with Crippen molar-refractivity contribution in [2.24, 2.45) is 5.41 Å². The van der Waals surface area contributed by atoms with Crippen molar-refractivity contribution >= 4 is 5.91 Å². The summed E-state index contributed by atoms with van der Waals surface area (Å²) < 4.78 is 5.62. The molecule has 1 aliphatic heterocycles. The molecule has 316 valence electrons. The molecule has 5 N–H and O–H groups in total. The van der Waals surface area contributed by atoms with Gasteiger partial charge in [-0.1, -0.05) is 188 Å². The van der Waals surface area contributed by atoms with Gasteiger partial charge in [0.15, 0.2) is 5.60 Å². The van der Waals surface area contributed by atoms with E-state index in [0.717, 1.165) is 57.8 Å². The molecule has 1 aliphatic rings. The van der Waals surface area contributed by atoms with Crippen molar-refractivity contribution < 1.29 is 35.1 Å². The van der Waals surface area contributed by atoms with E-state index < -0.39 is 35.6 Å². The smallest absolute Gasteiger partial charge is 0.228 e. The highest BCUT2D eigenvalue weighted by Gasteiger charge is 2.61. The molecule has 0 saturated carbocycles. The fraction of sp³-hybridized carbons (Fsp3) is 0.978. The molecule has 1 rings (SSSR count). The number of carbonyl (C=O) groups excluding carboxylic acids is 1. The number of aliphatic hydroxyl groups is 5. The molecule has 1 amide bonds. The van der Waals surface area contributed by atoms with Crippen molar-refractivity contribution in [3.63, 3.8) is 0 Å². The lowest BCUT2D eigenvalue weighted by atomic mass is 9.74. The second-order valence-corrected chi connectivity index (χ2v) is 16.8. The third-order valence-corrected chi connectivity index (χ3v) is 12.4. The van der Waals surface area contributed by atoms with Gasteiger partial charge in [0.1, 0.15) is 12.2 Å². The SMILES string of the molecule is CCCCCCCCCCCCCCCCC(CC)(CCCCCCCCCCCC)C(=O)N(CCCC)CCCC1(C(O)(O)CO)OC[C@@H](O)[C@H]1O. The molecular formula is C45H89NO7. The van der Waals surface area contributed by atoms with E-state index in [0.29, 0.717) is 19.5 Å². The van der Waals surface area contributed by atoms with Crippen LogP contribution < -0.4 is 0 Å². The lowest BCUT2D eigenvalue weighted by molar-refractivity contribution is -0.311. The predicted molar refractivity (Wildman–Crippen MR) is 220 cm³/mol. The van der Waals surface area contributed by atoms with Gasteiger partial charge in [-0.3, -0.25) is 4.79 Å². The molecule has 1 saturated heterocycles. The summed E-state index contributed by atoms with van der Waals surface area (Å²) in [6.45, 7) is 8.59. The Morgan fingerprint density at radius 1 is 0.604 bits per heavy atom. The Labute approximate surface area is 327 Å². The minimum atomic E-state index is -2.72. The molecule has 0 bridgehead atoms. The van der Waals surface area contributed by atoms with E-state index in [9.17, 15) is 30.3 Å². The number of nitrogens with zero attached hydrogens (tertiary/aromatic N) is 1. The van der Waals surface area contributed by atoms with E-state index in [2.05, 4.69) is 27.7 Å². The normalized spacial score (nSPS) is 20.2. The molecule has 4 atom stereocenters. The highest BCUT2D eigenvalue weighted by molar-refractivity contribution is 5.82. The quantitative estimate of drug-likeness (QED) is 0.0315. The van der Waals surface area contributed by atoms with Gasteiger partial charge in [-0.2, -0.15) is 0 Å². The van der Waals surface area contributed by atoms with Crippen LogP contribution >= 0.6 is 0 Å². The number of ether oxygens (including phenoxy) is 1. The predicted octanol–water partition coefficient (Wildman–Crippen LogP) is 10.1. The third-order valence-electron chi connectivity index (χ3n) is 12.4. The van der Waals surface area contributed by atoms with Crippen LogP contribution in [0.2, 0.25) is 0 Å². The molecule has 8 heteroatoms. The first-order valence-corrected chi connectivity index (χ1v) is 23.0. The number of hydrogen-bond acceptors (Lipinski definition) is 7. The van der Waals surface area contributed by atoms with Crippen LogP contribution in [0.5, 0.6) is 0 Å². The van der Waals surface area contributed by atoms with Crippen molar-refractivity contribution in [1.29, 1.82) is 0 Å². The Bertz CT molecular complexity index is 872. The number of unbranched alkanes of at least 4 members (excludes halogenated alkanes) is 23. The molecule has 0 aromatic rings. The number of rotatable bonds is 37. The van der Waals surface area contributed by atoms with E-state index in [1.54, 1.807) is 0 Å². The van der Waals surface area contributed by atoms with Gasteiger partial charge in [-0.05, 0) is 38.5 Å². The molecule has 0 aromatic carbocycles. The van der Waals surface area contributed by atoms with E-state index >= 15 is 0 Å². The van der Waals surface area contributed by atoms with Gasteiger partial charge in [0.05, 0.1) is 13.2 Å². The fourth-order valence-electron chi connectivity index (χ4n) is 8.61. The van der Waals surface area contributed by atoms with Crippen molar-refractivity contribution in [2.45, 2.75) is 250 Å². The summed E-state index contributed by atoms with van der Waals surface area (Å²) in [6.07, 6.45) is 33.0. The lowest BCUT2D eigenvalue weighted by Gasteiger charge is -2.42. The van der Waals surface area contributed by atoms with Crippen molar-refractivity contribution in [3.05, 3.63) is 0 Å². The molecular weight excluding hydrogens is 666 g/mol. The zero-order chi connectivity index (χ0) is 39.3. The van der Waals surface area contributed by atoms with Crippen LogP contribution in [-0.4, -0.2) is 86.2 Å². The monoisotopic (exact) mass is 756 g/mol. The van der Waals surface area contributed by atoms with Gasteiger partial charge in [-0.15, -0.1) is 0 Å². The van der Waals surface area contributed by atoms with Gasteiger partial charge < -0.3 is 35.2 Å². The van der Waals surface area contributed by atoms with Crippen LogP contribution in [0.1, 0.15) is 227 Å². The van der Waals surface area contributed by atoms with Crippen LogP contribution in [0, 0.1) is 5.41 Å². The van der Waals surface area contributed by atoms with Gasteiger partial charge in [0.25, 0.3) is 0 Å². The summed E-state index contributed by atoms with van der Waals surface area (Å²) in [5, 5.41) is 52.0. The maximum Gasteiger partial charge on any atom is 0.228 e. The first-order valence-electron chi connectivity index (χ1n) is 23.0. The highest BCUT2D eigenvalue weighted by Crippen LogP contribution is 2.41. The maximum atomic E-state index is 14.7. The Morgan fingerprint density at radius 2 is 0.981 bits per heavy atom. The highest BCUT2D eigenvalue weighted by atomic mass is 16.6. The zero-order valence-corrected chi connectivity index (χ0v) is 35.4. The second kappa shape index (κ2) is 30.4. The summed E-state index contributed by atoms with van der Waals surface area (Å²) in [5.74, 6) is -2.51. The van der Waals surface area contributed by atoms with Gasteiger partial charge in [0, 0.05) is 18.5 Å². The van der Waals surface area contributed by atoms with Gasteiger partial charge >= 0.3 is 0 Å². The van der Waals surface area contributed by atoms with E-state index in [1.807, 2.05) is 4.90 Å². The summed E-state index contributed by atoms with van der Waals surface area (Å²) in [4.78, 5) is 16.7. The largest absolute Gasteiger partial charge is 0.391 e. The van der Waals surface area contributed by atoms with Crippen molar-refractivity contribution in [2.75, 3.05) is 26.3 Å². The summed E-state index contributed by atoms with van der Waals surface area (Å²) in [6, 6.07) is 0. The van der Waals surface area contributed by atoms with Crippen LogP contribution in [0.3, 0.4) is 0 Å². The van der Waals surface area contributed by atoms with E-state index in [-0.39, 0.29) is 18.9 Å². The summed E-state index contributed by atoms with van der Waals surface area (Å²) in [5.41, 5.74) is -2.34. The molecule has 53 heavy (non-hydrogen) atoms. The Hall–Kier alpha value is -0.770. The number of carbonyl (C=O) groups is 1. The molecule has 1 heterocycles. The standard InChI is InChI=1S/C45H89NO7/c1-5-9-12-14-16-18-20-21-22-23-25-27-29-31-34-43(8-4,33-30-28-26-24-19-17-15-13-10-6-2)42(50)46(36-11-7-3)37-32-35-44(45(51,52)39-47)41(49)40(48)38-53-44/h40-41,47-49,51-52H,5-39H2,1-4H3/t40-,41-,43?,44?/m1/s1. The van der Waals surface area contributed by atoms with Crippen molar-refractivity contribution in [3.8, 4) is 0 Å². The number of amides is 1. The Balaban J connectivity index is 2.83. The van der Waals surface area contributed by atoms with Crippen LogP contribution in [0.15, 0.2) is 0 Å². The average Bonchev–Trinajstić information content (AvgIpc) is 3.46. The molecule has 8 nitrogen and oxygen atoms in total. The Morgan fingerprint density at radius 3 is 1.32 bits per heavy atom. The molecule has 0 aromatic heterocycles. The zero-order valence-electron chi connectivity index (χ0n) is 35.4. The maximum absolute atomic E-state index is 14.7. The molecule has 0 radical (unpaired) electrons. The van der Waals surface area contributed by atoms with Gasteiger partial charge in [0.2, 0.25) is 11.7 Å². The molecule has 0 aliphatic carbocycles. The topological polar surface area (TPSA) is 131 Å². The summed E-state index contributed by atoms with van der Waals surface area (Å²) >= 11 is 0. The fourth-order valence-corrected chi connectivity index (χ4v) is 8.61. The minimum absolute atomic E-state index is 0.00871. The van der Waals surface area contributed by atoms with Crippen LogP contribution in [-0.2, 0) is 9.53 Å².